The van der Waals surface area contributed by atoms with E-state index >= 15 is 0 Å². The van der Waals surface area contributed by atoms with Gasteiger partial charge in [-0.2, -0.15) is 0 Å². The first kappa shape index (κ1) is 13.5. The number of nitrogens with one attached hydrogen (secondary N) is 1. The van der Waals surface area contributed by atoms with Crippen molar-refractivity contribution in [3.8, 4) is 0 Å². The van der Waals surface area contributed by atoms with Gasteiger partial charge in [0, 0.05) is 11.1 Å². The van der Waals surface area contributed by atoms with E-state index in [9.17, 15) is 4.79 Å². The molecule has 0 radical (unpaired) electrons. The molecular weight excluding hydrogens is 286 g/mol. The first-order valence-electron chi connectivity index (χ1n) is 6.44. The van der Waals surface area contributed by atoms with Crippen LogP contribution in [0.25, 0.3) is 10.9 Å². The zero-order valence-corrected chi connectivity index (χ0v) is 12.1. The zero-order chi connectivity index (χ0) is 14.8. The third-order valence-electron chi connectivity index (χ3n) is 3.03. The summed E-state index contributed by atoms with van der Waals surface area (Å²) >= 11 is 6.20. The molecule has 3 rings (SSSR count). The van der Waals surface area contributed by atoms with Crippen LogP contribution in [0, 0.1) is 6.92 Å². The lowest BCUT2D eigenvalue weighted by Gasteiger charge is -2.07. The predicted octanol–water partition coefficient (Wildman–Crippen LogP) is 3.84. The van der Waals surface area contributed by atoms with E-state index in [-0.39, 0.29) is 11.6 Å². The molecule has 1 N–H and O–H groups in total. The van der Waals surface area contributed by atoms with E-state index in [1.807, 2.05) is 43.3 Å². The minimum atomic E-state index is -0.333. The van der Waals surface area contributed by atoms with Gasteiger partial charge in [0.05, 0.1) is 10.5 Å². The fraction of sp³-hybridized carbons (Fsp3) is 0.0625. The summed E-state index contributed by atoms with van der Waals surface area (Å²) in [6.07, 6.45) is 0. The van der Waals surface area contributed by atoms with Gasteiger partial charge < -0.3 is 5.32 Å². The van der Waals surface area contributed by atoms with Crippen LogP contribution in [0.3, 0.4) is 0 Å². The summed E-state index contributed by atoms with van der Waals surface area (Å²) in [5.74, 6) is 0.159. The van der Waals surface area contributed by atoms with Gasteiger partial charge in [0.1, 0.15) is 11.5 Å². The molecule has 5 heteroatoms. The summed E-state index contributed by atoms with van der Waals surface area (Å²) in [6, 6.07) is 14.4. The number of hydrogen-bond donors (Lipinski definition) is 1. The van der Waals surface area contributed by atoms with Crippen molar-refractivity contribution < 1.29 is 4.79 Å². The summed E-state index contributed by atoms with van der Waals surface area (Å²) in [7, 11) is 0. The second-order valence-electron chi connectivity index (χ2n) is 4.62. The van der Waals surface area contributed by atoms with E-state index in [1.54, 1.807) is 12.1 Å². The van der Waals surface area contributed by atoms with Crippen molar-refractivity contribution in [1.82, 2.24) is 9.97 Å². The van der Waals surface area contributed by atoms with Gasteiger partial charge in [-0.05, 0) is 31.2 Å². The highest BCUT2D eigenvalue weighted by Crippen LogP contribution is 2.23. The summed E-state index contributed by atoms with van der Waals surface area (Å²) < 4.78 is 0. The fourth-order valence-corrected chi connectivity index (χ4v) is 2.31. The molecule has 0 fully saturated rings. The quantitative estimate of drug-likeness (QED) is 0.782. The number of pyridine rings is 2. The van der Waals surface area contributed by atoms with Crippen molar-refractivity contribution in [1.29, 1.82) is 0 Å². The molecule has 104 valence electrons. The zero-order valence-electron chi connectivity index (χ0n) is 11.3. The molecule has 0 atom stereocenters. The summed E-state index contributed by atoms with van der Waals surface area (Å²) in [5.41, 5.74) is 1.78. The molecular formula is C16H12ClN3O. The van der Waals surface area contributed by atoms with Crippen LogP contribution in [0.4, 0.5) is 5.82 Å². The number of aryl methyl sites for hydroxylation is 1. The number of para-hydroxylation sites is 1. The molecule has 0 unspecified atom stereocenters. The van der Waals surface area contributed by atoms with Crippen LogP contribution in [0.1, 0.15) is 16.2 Å². The number of aromatic nitrogens is 2. The number of halogens is 1. The highest BCUT2D eigenvalue weighted by Gasteiger charge is 2.12. The van der Waals surface area contributed by atoms with E-state index in [0.29, 0.717) is 16.4 Å². The molecule has 0 spiro atoms. The number of fused-ring (bicyclic) bond motifs is 1. The van der Waals surface area contributed by atoms with Gasteiger partial charge in [0.2, 0.25) is 0 Å². The van der Waals surface area contributed by atoms with E-state index < -0.39 is 0 Å². The number of anilines is 1. The first-order chi connectivity index (χ1) is 10.1. The number of benzene rings is 1. The number of carbonyl (C=O) groups excluding carboxylic acids is 1. The molecule has 4 nitrogen and oxygen atoms in total. The maximum absolute atomic E-state index is 12.2. The minimum Gasteiger partial charge on any atom is -0.305 e. The van der Waals surface area contributed by atoms with Gasteiger partial charge >= 0.3 is 0 Å². The molecule has 2 heterocycles. The molecule has 0 saturated carbocycles. The Balaban J connectivity index is 1.94. The lowest BCUT2D eigenvalue weighted by Crippen LogP contribution is -2.14. The Kier molecular flexibility index (Phi) is 3.54. The Bertz CT molecular complexity index is 833. The third-order valence-corrected chi connectivity index (χ3v) is 3.34. The Labute approximate surface area is 126 Å². The molecule has 3 aromatic rings. The lowest BCUT2D eigenvalue weighted by atomic mass is 10.2. The standard InChI is InChI=1S/C16H12ClN3O/c1-10-5-4-8-15(18-10)20-16(21)14-9-12(17)11-6-2-3-7-13(11)19-14/h2-9H,1H3,(H,18,20,21). The highest BCUT2D eigenvalue weighted by atomic mass is 35.5. The van der Waals surface area contributed by atoms with Crippen molar-refractivity contribution in [2.75, 3.05) is 5.32 Å². The number of amides is 1. The topological polar surface area (TPSA) is 54.9 Å². The molecule has 1 aromatic carbocycles. The molecule has 1 amide bonds. The number of hydrogen-bond acceptors (Lipinski definition) is 3. The van der Waals surface area contributed by atoms with Crippen LogP contribution >= 0.6 is 11.6 Å². The van der Waals surface area contributed by atoms with Crippen molar-refractivity contribution in [2.24, 2.45) is 0 Å². The third kappa shape index (κ3) is 2.85. The monoisotopic (exact) mass is 297 g/mol. The largest absolute Gasteiger partial charge is 0.305 e. The van der Waals surface area contributed by atoms with Crippen molar-refractivity contribution in [3.63, 3.8) is 0 Å². The number of rotatable bonds is 2. The van der Waals surface area contributed by atoms with Gasteiger partial charge in [-0.3, -0.25) is 4.79 Å². The molecule has 0 aliphatic rings. The van der Waals surface area contributed by atoms with Crippen LogP contribution in [0.2, 0.25) is 5.02 Å². The average Bonchev–Trinajstić information content (AvgIpc) is 2.47. The van der Waals surface area contributed by atoms with Crippen LogP contribution in [0.15, 0.2) is 48.5 Å². The Morgan fingerprint density at radius 2 is 1.90 bits per heavy atom. The molecule has 21 heavy (non-hydrogen) atoms. The number of carbonyl (C=O) groups is 1. The van der Waals surface area contributed by atoms with Crippen LogP contribution in [0.5, 0.6) is 0 Å². The molecule has 0 aliphatic carbocycles. The molecule has 0 bridgehead atoms. The molecule has 0 saturated heterocycles. The summed E-state index contributed by atoms with van der Waals surface area (Å²) in [6.45, 7) is 1.86. The molecule has 2 aromatic heterocycles. The smallest absolute Gasteiger partial charge is 0.275 e. The number of nitrogens with zero attached hydrogens (tertiary/aromatic N) is 2. The Morgan fingerprint density at radius 1 is 1.10 bits per heavy atom. The van der Waals surface area contributed by atoms with Gasteiger partial charge in [-0.15, -0.1) is 0 Å². The van der Waals surface area contributed by atoms with E-state index in [1.165, 1.54) is 0 Å². The van der Waals surface area contributed by atoms with E-state index in [0.717, 1.165) is 11.1 Å². The maximum atomic E-state index is 12.2. The summed E-state index contributed by atoms with van der Waals surface area (Å²) in [5, 5.41) is 4.05. The predicted molar refractivity (Wildman–Crippen MR) is 83.7 cm³/mol. The Hall–Kier alpha value is -2.46. The fourth-order valence-electron chi connectivity index (χ4n) is 2.04. The molecule has 0 aliphatic heterocycles. The van der Waals surface area contributed by atoms with Gasteiger partial charge in [0.25, 0.3) is 5.91 Å². The maximum Gasteiger partial charge on any atom is 0.275 e. The van der Waals surface area contributed by atoms with E-state index in [2.05, 4.69) is 15.3 Å². The van der Waals surface area contributed by atoms with Crippen molar-refractivity contribution in [3.05, 3.63) is 64.9 Å². The minimum absolute atomic E-state index is 0.266. The lowest BCUT2D eigenvalue weighted by molar-refractivity contribution is 0.102. The second-order valence-corrected chi connectivity index (χ2v) is 5.03. The highest BCUT2D eigenvalue weighted by molar-refractivity contribution is 6.35. The van der Waals surface area contributed by atoms with Crippen molar-refractivity contribution in [2.45, 2.75) is 6.92 Å². The Morgan fingerprint density at radius 3 is 2.71 bits per heavy atom. The van der Waals surface area contributed by atoms with Crippen molar-refractivity contribution >= 4 is 34.2 Å². The summed E-state index contributed by atoms with van der Waals surface area (Å²) in [4.78, 5) is 20.8. The first-order valence-corrected chi connectivity index (χ1v) is 6.81. The van der Waals surface area contributed by atoms with E-state index in [4.69, 9.17) is 11.6 Å². The van der Waals surface area contributed by atoms with Crippen LogP contribution < -0.4 is 5.32 Å². The van der Waals surface area contributed by atoms with Gasteiger partial charge in [0.15, 0.2) is 0 Å². The average molecular weight is 298 g/mol. The second kappa shape index (κ2) is 5.50. The van der Waals surface area contributed by atoms with Crippen LogP contribution in [-0.4, -0.2) is 15.9 Å². The van der Waals surface area contributed by atoms with Gasteiger partial charge in [-0.1, -0.05) is 35.9 Å². The normalized spacial score (nSPS) is 10.6. The van der Waals surface area contributed by atoms with Crippen LogP contribution in [-0.2, 0) is 0 Å². The SMILES string of the molecule is Cc1cccc(NC(=O)c2cc(Cl)c3ccccc3n2)n1. The van der Waals surface area contributed by atoms with Gasteiger partial charge in [-0.25, -0.2) is 9.97 Å².